The lowest BCUT2D eigenvalue weighted by Crippen LogP contribution is -2.43. The van der Waals surface area contributed by atoms with Crippen molar-refractivity contribution in [1.82, 2.24) is 24.7 Å². The molecule has 134 valence electrons. The summed E-state index contributed by atoms with van der Waals surface area (Å²) in [5.41, 5.74) is 2.95. The van der Waals surface area contributed by atoms with Gasteiger partial charge in [-0.2, -0.15) is 5.10 Å². The van der Waals surface area contributed by atoms with Gasteiger partial charge in [0.1, 0.15) is 0 Å². The molecule has 0 amide bonds. The Labute approximate surface area is 152 Å². The fourth-order valence-electron chi connectivity index (χ4n) is 3.42. The second-order valence-corrected chi connectivity index (χ2v) is 6.86. The van der Waals surface area contributed by atoms with Gasteiger partial charge in [0.25, 0.3) is 0 Å². The second-order valence-electron chi connectivity index (χ2n) is 6.86. The van der Waals surface area contributed by atoms with Gasteiger partial charge in [0.2, 0.25) is 5.95 Å². The van der Waals surface area contributed by atoms with E-state index in [1.165, 1.54) is 0 Å². The number of hydrogen-bond acceptors (Lipinski definition) is 6. The van der Waals surface area contributed by atoms with Gasteiger partial charge >= 0.3 is 0 Å². The zero-order chi connectivity index (χ0) is 18.1. The molecule has 0 radical (unpaired) electrons. The minimum atomic E-state index is -0.832. The van der Waals surface area contributed by atoms with E-state index in [4.69, 9.17) is 4.98 Å². The Morgan fingerprint density at radius 3 is 2.62 bits per heavy atom. The Morgan fingerprint density at radius 1 is 1.15 bits per heavy atom. The van der Waals surface area contributed by atoms with Crippen molar-refractivity contribution < 1.29 is 5.11 Å². The molecule has 4 rings (SSSR count). The molecule has 7 heteroatoms. The molecule has 1 aliphatic heterocycles. The maximum atomic E-state index is 11.0. The van der Waals surface area contributed by atoms with E-state index in [-0.39, 0.29) is 0 Å². The van der Waals surface area contributed by atoms with Gasteiger partial charge < -0.3 is 10.0 Å². The molecule has 1 aliphatic rings. The fourth-order valence-corrected chi connectivity index (χ4v) is 3.42. The van der Waals surface area contributed by atoms with E-state index in [0.717, 1.165) is 22.4 Å². The third kappa shape index (κ3) is 3.06. The Kier molecular flexibility index (Phi) is 4.16. The topological polar surface area (TPSA) is 80.0 Å². The number of pyridine rings is 1. The lowest BCUT2D eigenvalue weighted by Gasteiger charge is -2.38. The van der Waals surface area contributed by atoms with Crippen molar-refractivity contribution in [2.24, 2.45) is 7.05 Å². The maximum absolute atomic E-state index is 11.0. The molecular weight excluding hydrogens is 328 g/mol. The highest BCUT2D eigenvalue weighted by Crippen LogP contribution is 2.33. The summed E-state index contributed by atoms with van der Waals surface area (Å²) in [4.78, 5) is 15.5. The molecular formula is C19H22N6O. The summed E-state index contributed by atoms with van der Waals surface area (Å²) in [6, 6.07) is 3.80. The van der Waals surface area contributed by atoms with Crippen molar-refractivity contribution in [3.63, 3.8) is 0 Å². The van der Waals surface area contributed by atoms with Crippen LogP contribution in [0, 0.1) is 6.92 Å². The van der Waals surface area contributed by atoms with Gasteiger partial charge in [-0.1, -0.05) is 6.07 Å². The van der Waals surface area contributed by atoms with Crippen LogP contribution in [-0.4, -0.2) is 42.9 Å². The number of anilines is 1. The normalized spacial score (nSPS) is 16.7. The Hall–Kier alpha value is -2.80. The van der Waals surface area contributed by atoms with Gasteiger partial charge in [-0.25, -0.2) is 9.97 Å². The largest absolute Gasteiger partial charge is 0.385 e. The first kappa shape index (κ1) is 16.7. The summed E-state index contributed by atoms with van der Waals surface area (Å²) < 4.78 is 1.77. The van der Waals surface area contributed by atoms with Crippen molar-refractivity contribution in [1.29, 1.82) is 0 Å². The monoisotopic (exact) mass is 350 g/mol. The lowest BCUT2D eigenvalue weighted by molar-refractivity contribution is 0.0112. The summed E-state index contributed by atoms with van der Waals surface area (Å²) in [6.45, 7) is 3.39. The summed E-state index contributed by atoms with van der Waals surface area (Å²) in [7, 11) is 1.89. The molecule has 0 atom stereocenters. The van der Waals surface area contributed by atoms with Crippen LogP contribution >= 0.6 is 0 Å². The molecule has 0 saturated carbocycles. The summed E-state index contributed by atoms with van der Waals surface area (Å²) >= 11 is 0. The van der Waals surface area contributed by atoms with E-state index in [0.29, 0.717) is 31.9 Å². The van der Waals surface area contributed by atoms with Crippen molar-refractivity contribution in [3.8, 4) is 11.3 Å². The second kappa shape index (κ2) is 6.49. The highest BCUT2D eigenvalue weighted by molar-refractivity contribution is 5.62. The van der Waals surface area contributed by atoms with Crippen LogP contribution in [0.25, 0.3) is 11.3 Å². The average Bonchev–Trinajstić information content (AvgIpc) is 3.10. The van der Waals surface area contributed by atoms with Gasteiger partial charge in [0, 0.05) is 56.1 Å². The first-order valence-electron chi connectivity index (χ1n) is 8.76. The predicted octanol–water partition coefficient (Wildman–Crippen LogP) is 2.07. The number of rotatable bonds is 3. The first-order valence-corrected chi connectivity index (χ1v) is 8.76. The highest BCUT2D eigenvalue weighted by atomic mass is 16.3. The van der Waals surface area contributed by atoms with Crippen LogP contribution in [0.3, 0.4) is 0 Å². The van der Waals surface area contributed by atoms with Gasteiger partial charge in [0.15, 0.2) is 0 Å². The van der Waals surface area contributed by atoms with Crippen molar-refractivity contribution in [2.75, 3.05) is 18.0 Å². The molecule has 1 fully saturated rings. The van der Waals surface area contributed by atoms with E-state index >= 15 is 0 Å². The molecule has 1 saturated heterocycles. The summed E-state index contributed by atoms with van der Waals surface area (Å²) in [6.07, 6.45) is 10.3. The molecule has 7 nitrogen and oxygen atoms in total. The third-order valence-corrected chi connectivity index (χ3v) is 5.01. The van der Waals surface area contributed by atoms with Crippen LogP contribution < -0.4 is 4.90 Å². The van der Waals surface area contributed by atoms with Crippen LogP contribution in [0.2, 0.25) is 0 Å². The standard InChI is InChI=1S/C19H22N6O/c1-14-10-21-18(23-17(14)15-11-22-24(2)13-15)25-8-5-19(26,6-9-25)16-4-3-7-20-12-16/h3-4,7,10-13,26H,5-6,8-9H2,1-2H3. The molecule has 0 aliphatic carbocycles. The van der Waals surface area contributed by atoms with E-state index in [2.05, 4.69) is 20.0 Å². The number of hydrogen-bond donors (Lipinski definition) is 1. The summed E-state index contributed by atoms with van der Waals surface area (Å²) in [5, 5.41) is 15.2. The van der Waals surface area contributed by atoms with E-state index < -0.39 is 5.60 Å². The zero-order valence-electron chi connectivity index (χ0n) is 15.0. The highest BCUT2D eigenvalue weighted by Gasteiger charge is 2.35. The number of aromatic nitrogens is 5. The third-order valence-electron chi connectivity index (χ3n) is 5.01. The summed E-state index contributed by atoms with van der Waals surface area (Å²) in [5.74, 6) is 0.697. The van der Waals surface area contributed by atoms with Gasteiger partial charge in [-0.05, 0) is 31.4 Å². The number of aliphatic hydroxyl groups is 1. The van der Waals surface area contributed by atoms with Crippen LogP contribution in [0.15, 0.2) is 43.1 Å². The zero-order valence-corrected chi connectivity index (χ0v) is 15.0. The van der Waals surface area contributed by atoms with Gasteiger partial charge in [-0.3, -0.25) is 9.67 Å². The quantitative estimate of drug-likeness (QED) is 0.779. The van der Waals surface area contributed by atoms with E-state index in [1.807, 2.05) is 44.7 Å². The SMILES string of the molecule is Cc1cnc(N2CCC(O)(c3cccnc3)CC2)nc1-c1cnn(C)c1. The lowest BCUT2D eigenvalue weighted by atomic mass is 9.85. The van der Waals surface area contributed by atoms with E-state index in [9.17, 15) is 5.11 Å². The maximum Gasteiger partial charge on any atom is 0.225 e. The van der Waals surface area contributed by atoms with Gasteiger partial charge in [-0.15, -0.1) is 0 Å². The molecule has 0 aromatic carbocycles. The average molecular weight is 350 g/mol. The molecule has 0 bridgehead atoms. The molecule has 26 heavy (non-hydrogen) atoms. The molecule has 0 unspecified atom stereocenters. The van der Waals surface area contributed by atoms with E-state index in [1.54, 1.807) is 17.1 Å². The number of aryl methyl sites for hydroxylation is 2. The molecule has 4 heterocycles. The minimum Gasteiger partial charge on any atom is -0.385 e. The number of piperidine rings is 1. The van der Waals surface area contributed by atoms with Crippen molar-refractivity contribution in [2.45, 2.75) is 25.4 Å². The fraction of sp³-hybridized carbons (Fsp3) is 0.368. The van der Waals surface area contributed by atoms with Crippen LogP contribution in [0.1, 0.15) is 24.0 Å². The molecule has 1 N–H and O–H groups in total. The Morgan fingerprint density at radius 2 is 1.96 bits per heavy atom. The van der Waals surface area contributed by atoms with Crippen LogP contribution in [-0.2, 0) is 12.6 Å². The number of nitrogens with zero attached hydrogens (tertiary/aromatic N) is 6. The predicted molar refractivity (Wildman–Crippen MR) is 98.6 cm³/mol. The van der Waals surface area contributed by atoms with Crippen molar-refractivity contribution in [3.05, 3.63) is 54.2 Å². The van der Waals surface area contributed by atoms with Crippen LogP contribution in [0.4, 0.5) is 5.95 Å². The molecule has 3 aromatic heterocycles. The van der Waals surface area contributed by atoms with Crippen LogP contribution in [0.5, 0.6) is 0 Å². The first-order chi connectivity index (χ1) is 12.5. The van der Waals surface area contributed by atoms with Crippen molar-refractivity contribution >= 4 is 5.95 Å². The Balaban J connectivity index is 1.55. The minimum absolute atomic E-state index is 0.623. The Bertz CT molecular complexity index is 899. The smallest absolute Gasteiger partial charge is 0.225 e. The van der Waals surface area contributed by atoms with Gasteiger partial charge in [0.05, 0.1) is 17.5 Å². The molecule has 0 spiro atoms. The molecule has 3 aromatic rings.